The van der Waals surface area contributed by atoms with Gasteiger partial charge in [0, 0.05) is 15.6 Å². The minimum absolute atomic E-state index is 0.0484. The van der Waals surface area contributed by atoms with Crippen molar-refractivity contribution in [2.24, 2.45) is 0 Å². The zero-order valence-corrected chi connectivity index (χ0v) is 10.7. The zero-order valence-electron chi connectivity index (χ0n) is 9.90. The highest BCUT2D eigenvalue weighted by molar-refractivity contribution is 8.00. The lowest BCUT2D eigenvalue weighted by Gasteiger charge is -2.14. The molecule has 1 aliphatic carbocycles. The smallest absolute Gasteiger partial charge is 0.304 e. The predicted octanol–water partition coefficient (Wildman–Crippen LogP) is 3.23. The molecule has 1 unspecified atom stereocenters. The van der Waals surface area contributed by atoms with Crippen molar-refractivity contribution in [1.82, 2.24) is 0 Å². The fourth-order valence-electron chi connectivity index (χ4n) is 2.74. The van der Waals surface area contributed by atoms with E-state index in [1.54, 1.807) is 0 Å². The summed E-state index contributed by atoms with van der Waals surface area (Å²) in [5, 5.41) is 9.64. The summed E-state index contributed by atoms with van der Waals surface area (Å²) >= 11 is 1.92. The van der Waals surface area contributed by atoms with Crippen LogP contribution in [-0.2, 0) is 16.6 Å². The minimum atomic E-state index is -0.677. The van der Waals surface area contributed by atoms with Crippen molar-refractivity contribution in [3.8, 4) is 0 Å². The van der Waals surface area contributed by atoms with Crippen LogP contribution in [0, 0.1) is 0 Å². The first-order chi connectivity index (χ1) is 8.09. The Bertz CT molecular complexity index is 477. The van der Waals surface area contributed by atoms with Gasteiger partial charge in [0.15, 0.2) is 0 Å². The van der Waals surface area contributed by atoms with Crippen LogP contribution in [0.15, 0.2) is 23.1 Å². The first-order valence-electron chi connectivity index (χ1n) is 6.11. The van der Waals surface area contributed by atoms with E-state index in [9.17, 15) is 4.79 Å². The molecule has 1 heterocycles. The molecule has 1 atom stereocenters. The summed E-state index contributed by atoms with van der Waals surface area (Å²) in [4.78, 5) is 12.3. The SMILES string of the molecule is CC1Cc2ccc(C3(CC(=O)O)CC3)cc2S1. The molecule has 1 N–H and O–H groups in total. The van der Waals surface area contributed by atoms with Gasteiger partial charge in [-0.3, -0.25) is 4.79 Å². The number of hydrogen-bond acceptors (Lipinski definition) is 2. The maximum atomic E-state index is 10.9. The van der Waals surface area contributed by atoms with Crippen LogP contribution >= 0.6 is 11.8 Å². The van der Waals surface area contributed by atoms with Crippen LogP contribution < -0.4 is 0 Å². The van der Waals surface area contributed by atoms with Crippen LogP contribution in [0.5, 0.6) is 0 Å². The van der Waals surface area contributed by atoms with E-state index in [-0.39, 0.29) is 11.8 Å². The molecule has 1 aromatic rings. The molecule has 0 amide bonds. The molecular formula is C14H16O2S. The summed E-state index contributed by atoms with van der Waals surface area (Å²) in [6, 6.07) is 6.58. The van der Waals surface area contributed by atoms with Crippen LogP contribution in [0.3, 0.4) is 0 Å². The number of hydrogen-bond donors (Lipinski definition) is 1. The van der Waals surface area contributed by atoms with Crippen molar-refractivity contribution >= 4 is 17.7 Å². The average Bonchev–Trinajstić information content (AvgIpc) is 2.91. The second kappa shape index (κ2) is 3.77. The van der Waals surface area contributed by atoms with Gasteiger partial charge in [-0.05, 0) is 36.5 Å². The summed E-state index contributed by atoms with van der Waals surface area (Å²) in [6.45, 7) is 2.24. The summed E-state index contributed by atoms with van der Waals surface area (Å²) in [5.41, 5.74) is 2.62. The highest BCUT2D eigenvalue weighted by Gasteiger charge is 2.46. The Morgan fingerprint density at radius 1 is 1.53 bits per heavy atom. The molecule has 90 valence electrons. The van der Waals surface area contributed by atoms with E-state index in [0.717, 1.165) is 19.3 Å². The first kappa shape index (κ1) is 11.1. The third-order valence-electron chi connectivity index (χ3n) is 3.86. The molecular weight excluding hydrogens is 232 g/mol. The lowest BCUT2D eigenvalue weighted by molar-refractivity contribution is -0.137. The second-order valence-corrected chi connectivity index (χ2v) is 6.79. The lowest BCUT2D eigenvalue weighted by atomic mass is 9.91. The van der Waals surface area contributed by atoms with Gasteiger partial charge < -0.3 is 5.11 Å². The minimum Gasteiger partial charge on any atom is -0.481 e. The van der Waals surface area contributed by atoms with Gasteiger partial charge in [0.1, 0.15) is 0 Å². The van der Waals surface area contributed by atoms with Gasteiger partial charge in [0.05, 0.1) is 6.42 Å². The molecule has 0 aromatic heterocycles. The van der Waals surface area contributed by atoms with E-state index < -0.39 is 5.97 Å². The summed E-state index contributed by atoms with van der Waals surface area (Å²) in [7, 11) is 0. The number of carboxylic acid groups (broad SMARTS) is 1. The van der Waals surface area contributed by atoms with E-state index in [1.807, 2.05) is 11.8 Å². The van der Waals surface area contributed by atoms with Gasteiger partial charge in [-0.25, -0.2) is 0 Å². The number of benzene rings is 1. The van der Waals surface area contributed by atoms with Crippen LogP contribution in [0.25, 0.3) is 0 Å². The van der Waals surface area contributed by atoms with E-state index >= 15 is 0 Å². The maximum Gasteiger partial charge on any atom is 0.304 e. The van der Waals surface area contributed by atoms with E-state index in [4.69, 9.17) is 5.11 Å². The van der Waals surface area contributed by atoms with Crippen molar-refractivity contribution in [3.63, 3.8) is 0 Å². The third kappa shape index (κ3) is 1.97. The molecule has 3 rings (SSSR count). The maximum absolute atomic E-state index is 10.9. The summed E-state index contributed by atoms with van der Waals surface area (Å²) in [5.74, 6) is -0.677. The summed E-state index contributed by atoms with van der Waals surface area (Å²) in [6.07, 6.45) is 3.48. The van der Waals surface area contributed by atoms with E-state index in [1.165, 1.54) is 16.0 Å². The van der Waals surface area contributed by atoms with Gasteiger partial charge in [-0.2, -0.15) is 0 Å². The highest BCUT2D eigenvalue weighted by atomic mass is 32.2. The van der Waals surface area contributed by atoms with E-state index in [2.05, 4.69) is 25.1 Å². The van der Waals surface area contributed by atoms with Crippen molar-refractivity contribution < 1.29 is 9.90 Å². The van der Waals surface area contributed by atoms with Crippen LogP contribution in [0.1, 0.15) is 37.3 Å². The fourth-order valence-corrected chi connectivity index (χ4v) is 3.93. The average molecular weight is 248 g/mol. The monoisotopic (exact) mass is 248 g/mol. The molecule has 0 spiro atoms. The number of rotatable bonds is 3. The highest BCUT2D eigenvalue weighted by Crippen LogP contribution is 2.52. The standard InChI is InChI=1S/C14H16O2S/c1-9-6-10-2-3-11(7-12(10)17-9)14(4-5-14)8-13(15)16/h2-3,7,9H,4-6,8H2,1H3,(H,15,16). The lowest BCUT2D eigenvalue weighted by Crippen LogP contribution is -2.12. The number of carboxylic acids is 1. The van der Waals surface area contributed by atoms with E-state index in [0.29, 0.717) is 5.25 Å². The number of fused-ring (bicyclic) bond motifs is 1. The van der Waals surface area contributed by atoms with Crippen molar-refractivity contribution in [2.75, 3.05) is 0 Å². The number of thioether (sulfide) groups is 1. The van der Waals surface area contributed by atoms with Gasteiger partial charge in [-0.1, -0.05) is 19.1 Å². The molecule has 2 aliphatic rings. The Hall–Kier alpha value is -0.960. The van der Waals surface area contributed by atoms with Crippen LogP contribution in [0.2, 0.25) is 0 Å². The Kier molecular flexibility index (Phi) is 2.47. The number of aliphatic carboxylic acids is 1. The Labute approximate surface area is 105 Å². The molecule has 2 nitrogen and oxygen atoms in total. The Morgan fingerprint density at radius 3 is 2.94 bits per heavy atom. The predicted molar refractivity (Wildman–Crippen MR) is 68.6 cm³/mol. The van der Waals surface area contributed by atoms with Gasteiger partial charge in [0.25, 0.3) is 0 Å². The Balaban J connectivity index is 1.90. The third-order valence-corrected chi connectivity index (χ3v) is 5.06. The first-order valence-corrected chi connectivity index (χ1v) is 6.99. The van der Waals surface area contributed by atoms with Crippen molar-refractivity contribution in [2.45, 2.75) is 48.2 Å². The largest absolute Gasteiger partial charge is 0.481 e. The molecule has 1 fully saturated rings. The van der Waals surface area contributed by atoms with Crippen molar-refractivity contribution in [3.05, 3.63) is 29.3 Å². The van der Waals surface area contributed by atoms with Gasteiger partial charge >= 0.3 is 5.97 Å². The Morgan fingerprint density at radius 2 is 2.29 bits per heavy atom. The normalized spacial score (nSPS) is 24.4. The molecule has 17 heavy (non-hydrogen) atoms. The molecule has 1 aliphatic heterocycles. The second-order valence-electron chi connectivity index (χ2n) is 5.31. The van der Waals surface area contributed by atoms with Gasteiger partial charge in [-0.15, -0.1) is 11.8 Å². The van der Waals surface area contributed by atoms with Crippen LogP contribution in [0.4, 0.5) is 0 Å². The number of carbonyl (C=O) groups is 1. The topological polar surface area (TPSA) is 37.3 Å². The molecule has 1 aromatic carbocycles. The summed E-state index contributed by atoms with van der Waals surface area (Å²) < 4.78 is 0. The quantitative estimate of drug-likeness (QED) is 0.892. The van der Waals surface area contributed by atoms with Crippen LogP contribution in [-0.4, -0.2) is 16.3 Å². The van der Waals surface area contributed by atoms with Crippen molar-refractivity contribution in [1.29, 1.82) is 0 Å². The molecule has 0 saturated heterocycles. The molecule has 1 saturated carbocycles. The van der Waals surface area contributed by atoms with Gasteiger partial charge in [0.2, 0.25) is 0 Å². The molecule has 3 heteroatoms. The molecule has 0 radical (unpaired) electrons. The molecule has 0 bridgehead atoms. The zero-order chi connectivity index (χ0) is 12.0. The fraction of sp³-hybridized carbons (Fsp3) is 0.500.